The summed E-state index contributed by atoms with van der Waals surface area (Å²) in [6.45, 7) is 7.34. The van der Waals surface area contributed by atoms with Crippen molar-refractivity contribution in [3.63, 3.8) is 0 Å². The highest BCUT2D eigenvalue weighted by Gasteiger charge is 2.29. The predicted molar refractivity (Wildman–Crippen MR) is 76.7 cm³/mol. The summed E-state index contributed by atoms with van der Waals surface area (Å²) in [4.78, 5) is 18.4. The molecule has 0 spiro atoms. The molecule has 0 radical (unpaired) electrons. The number of carbonyl (C=O) groups excluding carboxylic acids is 1. The standard InChI is InChI=1S/C13H21N3O2S/c1-4-5-11-8-19-12(14-11)15-13(17)16-6-7-18-10(3)9(16)2/h8-10H,4-7H2,1-3H3,(H,14,15,17)/t9-,10-/m0/s1. The number of morpholine rings is 1. The van der Waals surface area contributed by atoms with E-state index in [9.17, 15) is 4.79 Å². The van der Waals surface area contributed by atoms with Gasteiger partial charge in [0.15, 0.2) is 5.13 Å². The Morgan fingerprint density at radius 2 is 2.42 bits per heavy atom. The van der Waals surface area contributed by atoms with Crippen molar-refractivity contribution in [1.29, 1.82) is 0 Å². The van der Waals surface area contributed by atoms with Crippen LogP contribution in [0.1, 0.15) is 32.9 Å². The smallest absolute Gasteiger partial charge is 0.324 e. The second kappa shape index (κ2) is 6.34. The summed E-state index contributed by atoms with van der Waals surface area (Å²) in [5.41, 5.74) is 1.05. The van der Waals surface area contributed by atoms with Gasteiger partial charge in [0.05, 0.1) is 24.4 Å². The van der Waals surface area contributed by atoms with Gasteiger partial charge in [-0.15, -0.1) is 11.3 Å². The largest absolute Gasteiger partial charge is 0.375 e. The molecule has 0 saturated carbocycles. The molecule has 1 aromatic heterocycles. The first-order valence-corrected chi connectivity index (χ1v) is 7.63. The van der Waals surface area contributed by atoms with Gasteiger partial charge in [0.2, 0.25) is 0 Å². The lowest BCUT2D eigenvalue weighted by Gasteiger charge is -2.37. The van der Waals surface area contributed by atoms with E-state index < -0.39 is 0 Å². The molecule has 5 nitrogen and oxygen atoms in total. The van der Waals surface area contributed by atoms with Gasteiger partial charge in [-0.25, -0.2) is 9.78 Å². The lowest BCUT2D eigenvalue weighted by Crippen LogP contribution is -2.52. The summed E-state index contributed by atoms with van der Waals surface area (Å²) in [5, 5.41) is 5.57. The lowest BCUT2D eigenvalue weighted by molar-refractivity contribution is -0.0355. The van der Waals surface area contributed by atoms with E-state index in [0.29, 0.717) is 18.3 Å². The van der Waals surface area contributed by atoms with Gasteiger partial charge in [0.1, 0.15) is 0 Å². The van der Waals surface area contributed by atoms with E-state index in [4.69, 9.17) is 4.74 Å². The molecule has 2 atom stereocenters. The van der Waals surface area contributed by atoms with Gasteiger partial charge in [-0.05, 0) is 20.3 Å². The first-order chi connectivity index (χ1) is 9.11. The minimum atomic E-state index is -0.0833. The Labute approximate surface area is 118 Å². The number of anilines is 1. The Hall–Kier alpha value is -1.14. The molecule has 19 heavy (non-hydrogen) atoms. The zero-order valence-corrected chi connectivity index (χ0v) is 12.5. The number of urea groups is 1. The fraction of sp³-hybridized carbons (Fsp3) is 0.692. The molecule has 106 valence electrons. The maximum Gasteiger partial charge on any atom is 0.324 e. The van der Waals surface area contributed by atoms with Gasteiger partial charge in [0, 0.05) is 11.9 Å². The molecule has 2 rings (SSSR count). The maximum atomic E-state index is 12.2. The Morgan fingerprint density at radius 3 is 3.16 bits per heavy atom. The van der Waals surface area contributed by atoms with E-state index >= 15 is 0 Å². The number of amides is 2. The number of hydrogen-bond acceptors (Lipinski definition) is 4. The molecule has 1 saturated heterocycles. The second-order valence-corrected chi connectivity index (χ2v) is 5.69. The zero-order valence-electron chi connectivity index (χ0n) is 11.7. The normalized spacial score (nSPS) is 23.4. The van der Waals surface area contributed by atoms with E-state index in [-0.39, 0.29) is 18.2 Å². The predicted octanol–water partition coefficient (Wildman–Crippen LogP) is 2.74. The van der Waals surface area contributed by atoms with Crippen LogP contribution in [0.4, 0.5) is 9.93 Å². The van der Waals surface area contributed by atoms with Gasteiger partial charge in [-0.2, -0.15) is 0 Å². The molecule has 0 aliphatic carbocycles. The lowest BCUT2D eigenvalue weighted by atomic mass is 10.1. The van der Waals surface area contributed by atoms with E-state index in [1.807, 2.05) is 24.1 Å². The summed E-state index contributed by atoms with van der Waals surface area (Å²) in [7, 11) is 0. The Bertz CT molecular complexity index is 435. The van der Waals surface area contributed by atoms with Crippen LogP contribution in [0.2, 0.25) is 0 Å². The molecule has 2 amide bonds. The molecule has 6 heteroatoms. The highest BCUT2D eigenvalue weighted by Crippen LogP contribution is 2.19. The van der Waals surface area contributed by atoms with Crippen LogP contribution in [0.25, 0.3) is 0 Å². The SMILES string of the molecule is CCCc1csc(NC(=O)N2CCO[C@@H](C)[C@@H]2C)n1. The number of aryl methyl sites for hydroxylation is 1. The minimum Gasteiger partial charge on any atom is -0.375 e. The number of nitrogens with zero attached hydrogens (tertiary/aromatic N) is 2. The van der Waals surface area contributed by atoms with Crippen molar-refractivity contribution in [2.75, 3.05) is 18.5 Å². The number of ether oxygens (including phenoxy) is 1. The minimum absolute atomic E-state index is 0.0754. The topological polar surface area (TPSA) is 54.5 Å². The van der Waals surface area contributed by atoms with Crippen LogP contribution in [0.15, 0.2) is 5.38 Å². The molecule has 1 fully saturated rings. The summed E-state index contributed by atoms with van der Waals surface area (Å²) in [5.74, 6) is 0. The first-order valence-electron chi connectivity index (χ1n) is 6.75. The monoisotopic (exact) mass is 283 g/mol. The number of hydrogen-bond donors (Lipinski definition) is 1. The molecule has 1 aliphatic rings. The van der Waals surface area contributed by atoms with Crippen LogP contribution < -0.4 is 5.32 Å². The number of carbonyl (C=O) groups is 1. The maximum absolute atomic E-state index is 12.2. The van der Waals surface area contributed by atoms with Crippen molar-refractivity contribution >= 4 is 22.5 Å². The van der Waals surface area contributed by atoms with Crippen molar-refractivity contribution in [3.05, 3.63) is 11.1 Å². The molecule has 1 aliphatic heterocycles. The van der Waals surface area contributed by atoms with Gasteiger partial charge in [-0.3, -0.25) is 5.32 Å². The van der Waals surface area contributed by atoms with Gasteiger partial charge in [0.25, 0.3) is 0 Å². The highest BCUT2D eigenvalue weighted by atomic mass is 32.1. The average Bonchev–Trinajstić information content (AvgIpc) is 2.80. The number of nitrogens with one attached hydrogen (secondary N) is 1. The van der Waals surface area contributed by atoms with Crippen molar-refractivity contribution < 1.29 is 9.53 Å². The average molecular weight is 283 g/mol. The quantitative estimate of drug-likeness (QED) is 0.928. The van der Waals surface area contributed by atoms with Crippen LogP contribution in [-0.2, 0) is 11.2 Å². The Kier molecular flexibility index (Phi) is 4.76. The molecule has 1 aromatic rings. The third kappa shape index (κ3) is 3.45. The second-order valence-electron chi connectivity index (χ2n) is 4.83. The molecule has 0 aromatic carbocycles. The third-order valence-electron chi connectivity index (χ3n) is 3.42. The van der Waals surface area contributed by atoms with E-state index in [2.05, 4.69) is 17.2 Å². The molecular weight excluding hydrogens is 262 g/mol. The van der Waals surface area contributed by atoms with Crippen LogP contribution >= 0.6 is 11.3 Å². The molecule has 1 N–H and O–H groups in total. The summed E-state index contributed by atoms with van der Waals surface area (Å²) < 4.78 is 5.52. The molecule has 0 bridgehead atoms. The van der Waals surface area contributed by atoms with Crippen LogP contribution in [0, 0.1) is 0 Å². The van der Waals surface area contributed by atoms with Crippen molar-refractivity contribution in [3.8, 4) is 0 Å². The number of thiazole rings is 1. The Balaban J connectivity index is 1.95. The molecule has 2 heterocycles. The summed E-state index contributed by atoms with van der Waals surface area (Å²) in [6, 6.07) is 0.00359. The number of aromatic nitrogens is 1. The molecular formula is C13H21N3O2S. The fourth-order valence-corrected chi connectivity index (χ4v) is 2.85. The van der Waals surface area contributed by atoms with E-state index in [1.165, 1.54) is 11.3 Å². The highest BCUT2D eigenvalue weighted by molar-refractivity contribution is 7.13. The van der Waals surface area contributed by atoms with Crippen molar-refractivity contribution in [2.45, 2.75) is 45.8 Å². The third-order valence-corrected chi connectivity index (χ3v) is 4.22. The van der Waals surface area contributed by atoms with Crippen LogP contribution in [-0.4, -0.2) is 41.2 Å². The van der Waals surface area contributed by atoms with Crippen molar-refractivity contribution in [1.82, 2.24) is 9.88 Å². The van der Waals surface area contributed by atoms with Gasteiger partial charge >= 0.3 is 6.03 Å². The van der Waals surface area contributed by atoms with Crippen LogP contribution in [0.3, 0.4) is 0 Å². The summed E-state index contributed by atoms with van der Waals surface area (Å²) >= 11 is 1.48. The fourth-order valence-electron chi connectivity index (χ4n) is 2.12. The van der Waals surface area contributed by atoms with E-state index in [1.54, 1.807) is 0 Å². The number of rotatable bonds is 3. The van der Waals surface area contributed by atoms with E-state index in [0.717, 1.165) is 18.5 Å². The zero-order chi connectivity index (χ0) is 13.8. The first kappa shape index (κ1) is 14.3. The Morgan fingerprint density at radius 1 is 1.63 bits per heavy atom. The molecule has 0 unspecified atom stereocenters. The van der Waals surface area contributed by atoms with Gasteiger partial charge in [-0.1, -0.05) is 13.3 Å². The van der Waals surface area contributed by atoms with Gasteiger partial charge < -0.3 is 9.64 Å². The summed E-state index contributed by atoms with van der Waals surface area (Å²) in [6.07, 6.45) is 2.10. The van der Waals surface area contributed by atoms with Crippen molar-refractivity contribution in [2.24, 2.45) is 0 Å². The van der Waals surface area contributed by atoms with Crippen LogP contribution in [0.5, 0.6) is 0 Å².